The summed E-state index contributed by atoms with van der Waals surface area (Å²) in [5, 5.41) is 9.32. The zero-order valence-electron chi connectivity index (χ0n) is 9.41. The molecule has 18 heavy (non-hydrogen) atoms. The molecule has 0 unspecified atom stereocenters. The average Bonchev–Trinajstić information content (AvgIpc) is 2.26. The number of aliphatic carboxylic acids is 1. The maximum absolute atomic E-state index is 12.2. The van der Waals surface area contributed by atoms with E-state index in [0.717, 1.165) is 5.56 Å². The van der Waals surface area contributed by atoms with Gasteiger partial charge in [-0.1, -0.05) is 28.1 Å². The molecular formula is C11H12BrNO4S. The maximum atomic E-state index is 12.2. The highest BCUT2D eigenvalue weighted by molar-refractivity contribution is 9.08. The molecule has 2 rings (SSSR count). The van der Waals surface area contributed by atoms with Crippen LogP contribution in [0.25, 0.3) is 0 Å². The summed E-state index contributed by atoms with van der Waals surface area (Å²) < 4.78 is 25.5. The van der Waals surface area contributed by atoms with Gasteiger partial charge >= 0.3 is 5.97 Å². The summed E-state index contributed by atoms with van der Waals surface area (Å²) in [4.78, 5) is 10.9. The molecule has 0 aliphatic carbocycles. The lowest BCUT2D eigenvalue weighted by molar-refractivity contribution is -0.145. The van der Waals surface area contributed by atoms with Crippen LogP contribution in [0.1, 0.15) is 5.56 Å². The number of rotatable bonds is 4. The van der Waals surface area contributed by atoms with Crippen LogP contribution in [0.4, 0.5) is 0 Å². The molecule has 0 spiro atoms. The Morgan fingerprint density at radius 3 is 2.67 bits per heavy atom. The lowest BCUT2D eigenvalue weighted by atomic mass is 10.0. The van der Waals surface area contributed by atoms with E-state index >= 15 is 0 Å². The van der Waals surface area contributed by atoms with E-state index in [9.17, 15) is 13.2 Å². The normalized spacial score (nSPS) is 17.4. The van der Waals surface area contributed by atoms with Crippen LogP contribution in [-0.4, -0.2) is 36.9 Å². The second kappa shape index (κ2) is 4.99. The smallest absolute Gasteiger partial charge is 0.309 e. The first-order chi connectivity index (χ1) is 8.45. The van der Waals surface area contributed by atoms with Crippen LogP contribution < -0.4 is 0 Å². The van der Waals surface area contributed by atoms with E-state index in [-0.39, 0.29) is 18.0 Å². The van der Waals surface area contributed by atoms with Crippen LogP contribution in [0.15, 0.2) is 29.2 Å². The third-order valence-corrected chi connectivity index (χ3v) is 5.36. The Morgan fingerprint density at radius 2 is 2.11 bits per heavy atom. The molecule has 0 bridgehead atoms. The number of halogens is 1. The Balaban J connectivity index is 2.19. The highest BCUT2D eigenvalue weighted by atomic mass is 79.9. The maximum Gasteiger partial charge on any atom is 0.309 e. The fourth-order valence-corrected chi connectivity index (χ4v) is 3.68. The number of benzene rings is 1. The van der Waals surface area contributed by atoms with Gasteiger partial charge in [0.25, 0.3) is 0 Å². The van der Waals surface area contributed by atoms with E-state index in [1.807, 2.05) is 6.07 Å². The number of nitrogens with zero attached hydrogens (tertiary/aromatic N) is 1. The molecule has 1 aromatic rings. The van der Waals surface area contributed by atoms with Gasteiger partial charge in [-0.25, -0.2) is 8.42 Å². The minimum absolute atomic E-state index is 0.0518. The standard InChI is InChI=1S/C11H12BrNO4S/c12-5-8-2-1-3-10(4-8)18(16,17)13-6-9(7-13)11(14)15/h1-4,9H,5-7H2,(H,14,15). The van der Waals surface area contributed by atoms with Crippen molar-refractivity contribution in [3.05, 3.63) is 29.8 Å². The monoisotopic (exact) mass is 333 g/mol. The van der Waals surface area contributed by atoms with Gasteiger partial charge in [0.15, 0.2) is 0 Å². The third kappa shape index (κ3) is 2.43. The zero-order chi connectivity index (χ0) is 13.3. The van der Waals surface area contributed by atoms with E-state index in [0.29, 0.717) is 5.33 Å². The summed E-state index contributed by atoms with van der Waals surface area (Å²) in [5.74, 6) is -1.53. The Bertz CT molecular complexity index is 566. The third-order valence-electron chi connectivity index (χ3n) is 2.89. The molecule has 1 saturated heterocycles. The van der Waals surface area contributed by atoms with Crippen molar-refractivity contribution in [2.45, 2.75) is 10.2 Å². The van der Waals surface area contributed by atoms with Crippen molar-refractivity contribution in [3.63, 3.8) is 0 Å². The molecule has 0 amide bonds. The molecule has 0 atom stereocenters. The van der Waals surface area contributed by atoms with Gasteiger partial charge in [0, 0.05) is 18.4 Å². The van der Waals surface area contributed by atoms with E-state index in [1.54, 1.807) is 12.1 Å². The quantitative estimate of drug-likeness (QED) is 0.842. The number of sulfonamides is 1. The molecule has 5 nitrogen and oxygen atoms in total. The summed E-state index contributed by atoms with van der Waals surface area (Å²) >= 11 is 3.27. The molecule has 0 saturated carbocycles. The van der Waals surface area contributed by atoms with Crippen molar-refractivity contribution in [2.75, 3.05) is 13.1 Å². The molecular weight excluding hydrogens is 322 g/mol. The van der Waals surface area contributed by atoms with Crippen LogP contribution in [0.3, 0.4) is 0 Å². The van der Waals surface area contributed by atoms with Gasteiger partial charge in [-0.15, -0.1) is 0 Å². The minimum atomic E-state index is -3.55. The minimum Gasteiger partial charge on any atom is -0.481 e. The SMILES string of the molecule is O=C(O)C1CN(S(=O)(=O)c2cccc(CBr)c2)C1. The van der Waals surface area contributed by atoms with Crippen LogP contribution >= 0.6 is 15.9 Å². The van der Waals surface area contributed by atoms with Gasteiger partial charge in [-0.05, 0) is 17.7 Å². The molecule has 1 aromatic carbocycles. The summed E-state index contributed by atoms with van der Waals surface area (Å²) in [7, 11) is -3.55. The topological polar surface area (TPSA) is 74.7 Å². The second-order valence-electron chi connectivity index (χ2n) is 4.14. The molecule has 7 heteroatoms. The van der Waals surface area contributed by atoms with Crippen molar-refractivity contribution in [2.24, 2.45) is 5.92 Å². The fourth-order valence-electron chi connectivity index (χ4n) is 1.73. The summed E-state index contributed by atoms with van der Waals surface area (Å²) in [6.45, 7) is 0.104. The van der Waals surface area contributed by atoms with Crippen molar-refractivity contribution in [1.82, 2.24) is 4.31 Å². The Morgan fingerprint density at radius 1 is 1.44 bits per heavy atom. The van der Waals surface area contributed by atoms with E-state index < -0.39 is 21.9 Å². The van der Waals surface area contributed by atoms with Gasteiger partial charge in [0.1, 0.15) is 0 Å². The molecule has 0 aromatic heterocycles. The lowest BCUT2D eigenvalue weighted by Gasteiger charge is -2.35. The number of carboxylic acids is 1. The second-order valence-corrected chi connectivity index (χ2v) is 6.64. The van der Waals surface area contributed by atoms with Crippen LogP contribution in [0.2, 0.25) is 0 Å². The summed E-state index contributed by atoms with van der Waals surface area (Å²) in [6.07, 6.45) is 0. The Labute approximate surface area is 114 Å². The van der Waals surface area contributed by atoms with Crippen molar-refractivity contribution < 1.29 is 18.3 Å². The summed E-state index contributed by atoms with van der Waals surface area (Å²) in [6, 6.07) is 6.62. The lowest BCUT2D eigenvalue weighted by Crippen LogP contribution is -2.52. The first-order valence-corrected chi connectivity index (χ1v) is 7.89. The largest absolute Gasteiger partial charge is 0.481 e. The van der Waals surface area contributed by atoms with Gasteiger partial charge in [0.05, 0.1) is 10.8 Å². The number of carboxylic acid groups (broad SMARTS) is 1. The van der Waals surface area contributed by atoms with Crippen LogP contribution in [-0.2, 0) is 20.1 Å². The van der Waals surface area contributed by atoms with Crippen molar-refractivity contribution in [3.8, 4) is 0 Å². The molecule has 1 aliphatic rings. The van der Waals surface area contributed by atoms with E-state index in [4.69, 9.17) is 5.11 Å². The van der Waals surface area contributed by atoms with Crippen LogP contribution in [0.5, 0.6) is 0 Å². The molecule has 1 aliphatic heterocycles. The fraction of sp³-hybridized carbons (Fsp3) is 0.364. The highest BCUT2D eigenvalue weighted by Crippen LogP contribution is 2.26. The van der Waals surface area contributed by atoms with Crippen LogP contribution in [0, 0.1) is 5.92 Å². The van der Waals surface area contributed by atoms with E-state index in [1.165, 1.54) is 10.4 Å². The number of hydrogen-bond donors (Lipinski definition) is 1. The van der Waals surface area contributed by atoms with Gasteiger partial charge in [0.2, 0.25) is 10.0 Å². The molecule has 0 radical (unpaired) electrons. The first-order valence-electron chi connectivity index (χ1n) is 5.33. The average molecular weight is 334 g/mol. The number of alkyl halides is 1. The summed E-state index contributed by atoms with van der Waals surface area (Å²) in [5.41, 5.74) is 0.867. The molecule has 98 valence electrons. The molecule has 1 fully saturated rings. The molecule has 1 heterocycles. The predicted octanol–water partition coefficient (Wildman–Crippen LogP) is 1.29. The van der Waals surface area contributed by atoms with Gasteiger partial charge < -0.3 is 5.11 Å². The zero-order valence-corrected chi connectivity index (χ0v) is 11.8. The Kier molecular flexibility index (Phi) is 3.74. The molecule has 1 N–H and O–H groups in total. The van der Waals surface area contributed by atoms with Crippen molar-refractivity contribution >= 4 is 31.9 Å². The first kappa shape index (κ1) is 13.5. The van der Waals surface area contributed by atoms with Crippen molar-refractivity contribution in [1.29, 1.82) is 0 Å². The number of carbonyl (C=O) groups is 1. The van der Waals surface area contributed by atoms with Gasteiger partial charge in [-0.2, -0.15) is 4.31 Å². The van der Waals surface area contributed by atoms with E-state index in [2.05, 4.69) is 15.9 Å². The number of hydrogen-bond acceptors (Lipinski definition) is 3. The Hall–Kier alpha value is -0.920. The van der Waals surface area contributed by atoms with Gasteiger partial charge in [-0.3, -0.25) is 4.79 Å². The predicted molar refractivity (Wildman–Crippen MR) is 69.0 cm³/mol. The highest BCUT2D eigenvalue weighted by Gasteiger charge is 2.40.